The summed E-state index contributed by atoms with van der Waals surface area (Å²) in [7, 11) is 2.11. The lowest BCUT2D eigenvalue weighted by atomic mass is 9.87. The van der Waals surface area contributed by atoms with E-state index in [-0.39, 0.29) is 0 Å². The normalized spacial score (nSPS) is 27.7. The van der Waals surface area contributed by atoms with Gasteiger partial charge in [0.2, 0.25) is 0 Å². The van der Waals surface area contributed by atoms with Gasteiger partial charge in [0.05, 0.1) is 0 Å². The molecular formula is C17H27NS. The Bertz CT molecular complexity index is 385. The summed E-state index contributed by atoms with van der Waals surface area (Å²) < 4.78 is 0. The monoisotopic (exact) mass is 277 g/mol. The average Bonchev–Trinajstić information content (AvgIpc) is 2.39. The van der Waals surface area contributed by atoms with Gasteiger partial charge in [-0.05, 0) is 55.8 Å². The maximum absolute atomic E-state index is 3.50. The van der Waals surface area contributed by atoms with Gasteiger partial charge in [0, 0.05) is 16.2 Å². The maximum Gasteiger partial charge on any atom is 0.0250 e. The first-order valence-electron chi connectivity index (χ1n) is 7.54. The SMILES string of the molecule is CNC1CCC(C)CC1Sc1ccc(C(C)C)cc1. The number of rotatable bonds is 4. The van der Waals surface area contributed by atoms with E-state index in [9.17, 15) is 0 Å². The quantitative estimate of drug-likeness (QED) is 0.857. The van der Waals surface area contributed by atoms with Gasteiger partial charge in [-0.3, -0.25) is 0 Å². The first-order chi connectivity index (χ1) is 9.10. The Balaban J connectivity index is 2.02. The molecule has 2 heteroatoms. The Morgan fingerprint density at radius 3 is 2.42 bits per heavy atom. The van der Waals surface area contributed by atoms with Gasteiger partial charge >= 0.3 is 0 Å². The van der Waals surface area contributed by atoms with Crippen molar-refractivity contribution in [1.29, 1.82) is 0 Å². The Labute approximate surface area is 122 Å². The molecule has 0 bridgehead atoms. The molecule has 106 valence electrons. The highest BCUT2D eigenvalue weighted by molar-refractivity contribution is 8.00. The summed E-state index contributed by atoms with van der Waals surface area (Å²) in [6, 6.07) is 9.84. The van der Waals surface area contributed by atoms with E-state index in [2.05, 4.69) is 69.2 Å². The van der Waals surface area contributed by atoms with E-state index in [1.165, 1.54) is 29.7 Å². The summed E-state index contributed by atoms with van der Waals surface area (Å²) in [6.07, 6.45) is 4.02. The predicted molar refractivity (Wildman–Crippen MR) is 86.0 cm³/mol. The molecule has 1 fully saturated rings. The zero-order valence-electron chi connectivity index (χ0n) is 12.6. The smallest absolute Gasteiger partial charge is 0.0250 e. The molecule has 0 heterocycles. The largest absolute Gasteiger partial charge is 0.316 e. The van der Waals surface area contributed by atoms with Gasteiger partial charge in [-0.15, -0.1) is 11.8 Å². The molecule has 0 spiro atoms. The van der Waals surface area contributed by atoms with Crippen LogP contribution in [0.15, 0.2) is 29.2 Å². The molecule has 1 aliphatic rings. The lowest BCUT2D eigenvalue weighted by Gasteiger charge is -2.34. The van der Waals surface area contributed by atoms with Crippen molar-refractivity contribution in [1.82, 2.24) is 5.32 Å². The molecule has 3 atom stereocenters. The van der Waals surface area contributed by atoms with Crippen molar-refractivity contribution in [2.75, 3.05) is 7.05 Å². The molecule has 1 aliphatic carbocycles. The van der Waals surface area contributed by atoms with E-state index >= 15 is 0 Å². The van der Waals surface area contributed by atoms with Gasteiger partial charge in [0.25, 0.3) is 0 Å². The molecular weight excluding hydrogens is 250 g/mol. The minimum Gasteiger partial charge on any atom is -0.316 e. The minimum absolute atomic E-state index is 0.624. The minimum atomic E-state index is 0.624. The van der Waals surface area contributed by atoms with Crippen LogP contribution in [0.25, 0.3) is 0 Å². The third-order valence-corrected chi connectivity index (χ3v) is 5.63. The van der Waals surface area contributed by atoms with Crippen molar-refractivity contribution in [3.63, 3.8) is 0 Å². The van der Waals surface area contributed by atoms with Crippen LogP contribution in [-0.2, 0) is 0 Å². The van der Waals surface area contributed by atoms with E-state index in [1.54, 1.807) is 0 Å². The van der Waals surface area contributed by atoms with Crippen LogP contribution in [0.5, 0.6) is 0 Å². The molecule has 0 saturated heterocycles. The van der Waals surface area contributed by atoms with E-state index in [0.29, 0.717) is 12.0 Å². The fraction of sp³-hybridized carbons (Fsp3) is 0.647. The second-order valence-electron chi connectivity index (χ2n) is 6.19. The van der Waals surface area contributed by atoms with E-state index < -0.39 is 0 Å². The van der Waals surface area contributed by atoms with Crippen molar-refractivity contribution in [2.24, 2.45) is 5.92 Å². The molecule has 1 nitrogen and oxygen atoms in total. The fourth-order valence-electron chi connectivity index (χ4n) is 2.90. The van der Waals surface area contributed by atoms with Crippen LogP contribution >= 0.6 is 11.8 Å². The molecule has 1 N–H and O–H groups in total. The van der Waals surface area contributed by atoms with Gasteiger partial charge in [0.1, 0.15) is 0 Å². The Morgan fingerprint density at radius 2 is 1.84 bits per heavy atom. The van der Waals surface area contributed by atoms with Gasteiger partial charge in [0.15, 0.2) is 0 Å². The Hall–Kier alpha value is -0.470. The van der Waals surface area contributed by atoms with Crippen LogP contribution in [0.3, 0.4) is 0 Å². The lowest BCUT2D eigenvalue weighted by Crippen LogP contribution is -2.40. The van der Waals surface area contributed by atoms with Crippen molar-refractivity contribution in [2.45, 2.75) is 62.1 Å². The molecule has 1 saturated carbocycles. The predicted octanol–water partition coefficient (Wildman–Crippen LogP) is 4.68. The van der Waals surface area contributed by atoms with Gasteiger partial charge in [-0.25, -0.2) is 0 Å². The molecule has 0 radical (unpaired) electrons. The molecule has 0 amide bonds. The fourth-order valence-corrected chi connectivity index (χ4v) is 4.40. The lowest BCUT2D eigenvalue weighted by molar-refractivity contribution is 0.329. The van der Waals surface area contributed by atoms with Crippen LogP contribution < -0.4 is 5.32 Å². The molecule has 0 aliphatic heterocycles. The number of nitrogens with one attached hydrogen (secondary N) is 1. The van der Waals surface area contributed by atoms with E-state index in [0.717, 1.165) is 11.2 Å². The molecule has 0 aromatic heterocycles. The van der Waals surface area contributed by atoms with Crippen molar-refractivity contribution in [3.05, 3.63) is 29.8 Å². The first kappa shape index (κ1) is 14.9. The second-order valence-corrected chi connectivity index (χ2v) is 7.51. The first-order valence-corrected chi connectivity index (χ1v) is 8.42. The Morgan fingerprint density at radius 1 is 1.16 bits per heavy atom. The number of hydrogen-bond donors (Lipinski definition) is 1. The van der Waals surface area contributed by atoms with Crippen molar-refractivity contribution >= 4 is 11.8 Å². The van der Waals surface area contributed by atoms with Gasteiger partial charge in [-0.2, -0.15) is 0 Å². The zero-order valence-corrected chi connectivity index (χ0v) is 13.5. The van der Waals surface area contributed by atoms with Gasteiger partial charge in [-0.1, -0.05) is 32.9 Å². The van der Waals surface area contributed by atoms with Crippen molar-refractivity contribution < 1.29 is 0 Å². The molecule has 1 aromatic rings. The van der Waals surface area contributed by atoms with Crippen LogP contribution in [-0.4, -0.2) is 18.3 Å². The molecule has 1 aromatic carbocycles. The van der Waals surface area contributed by atoms with E-state index in [4.69, 9.17) is 0 Å². The summed E-state index contributed by atoms with van der Waals surface area (Å²) in [4.78, 5) is 1.42. The average molecular weight is 277 g/mol. The van der Waals surface area contributed by atoms with E-state index in [1.807, 2.05) is 0 Å². The highest BCUT2D eigenvalue weighted by Gasteiger charge is 2.28. The zero-order chi connectivity index (χ0) is 13.8. The van der Waals surface area contributed by atoms with Crippen LogP contribution in [0.4, 0.5) is 0 Å². The highest BCUT2D eigenvalue weighted by Crippen LogP contribution is 2.36. The van der Waals surface area contributed by atoms with Crippen LogP contribution in [0, 0.1) is 5.92 Å². The topological polar surface area (TPSA) is 12.0 Å². The highest BCUT2D eigenvalue weighted by atomic mass is 32.2. The van der Waals surface area contributed by atoms with Crippen molar-refractivity contribution in [3.8, 4) is 0 Å². The summed E-state index contributed by atoms with van der Waals surface area (Å²) in [5.74, 6) is 1.50. The molecule has 3 unspecified atom stereocenters. The summed E-state index contributed by atoms with van der Waals surface area (Å²) in [6.45, 7) is 6.89. The summed E-state index contributed by atoms with van der Waals surface area (Å²) in [5, 5.41) is 4.22. The summed E-state index contributed by atoms with van der Waals surface area (Å²) in [5.41, 5.74) is 1.44. The number of thioether (sulfide) groups is 1. The van der Waals surface area contributed by atoms with Gasteiger partial charge < -0.3 is 5.32 Å². The van der Waals surface area contributed by atoms with Crippen LogP contribution in [0.2, 0.25) is 0 Å². The number of benzene rings is 1. The third kappa shape index (κ3) is 4.00. The Kier molecular flexibility index (Phi) is 5.35. The molecule has 2 rings (SSSR count). The maximum atomic E-state index is 3.50. The third-order valence-electron chi connectivity index (χ3n) is 4.26. The van der Waals surface area contributed by atoms with Crippen LogP contribution in [0.1, 0.15) is 51.5 Å². The summed E-state index contributed by atoms with van der Waals surface area (Å²) >= 11 is 2.06. The second kappa shape index (κ2) is 6.81. The standard InChI is InChI=1S/C17H27NS/c1-12(2)14-6-8-15(9-7-14)19-17-11-13(3)5-10-16(17)18-4/h6-9,12-13,16-18H,5,10-11H2,1-4H3. The number of hydrogen-bond acceptors (Lipinski definition) is 2. The molecule has 19 heavy (non-hydrogen) atoms.